The van der Waals surface area contributed by atoms with Crippen LogP contribution < -0.4 is 10.6 Å². The molecule has 0 aromatic heterocycles. The number of piperazine rings is 1. The van der Waals surface area contributed by atoms with Gasteiger partial charge in [0, 0.05) is 51.4 Å². The van der Waals surface area contributed by atoms with Crippen LogP contribution in [0.4, 0.5) is 4.39 Å². The van der Waals surface area contributed by atoms with E-state index in [1.807, 2.05) is 13.0 Å². The van der Waals surface area contributed by atoms with Crippen molar-refractivity contribution in [2.75, 3.05) is 52.4 Å². The fourth-order valence-corrected chi connectivity index (χ4v) is 2.79. The van der Waals surface area contributed by atoms with Crippen molar-refractivity contribution in [1.82, 2.24) is 20.4 Å². The van der Waals surface area contributed by atoms with Gasteiger partial charge in [0.1, 0.15) is 5.82 Å². The lowest BCUT2D eigenvalue weighted by Gasteiger charge is -2.34. The molecule has 0 saturated carbocycles. The molecular weight excluding hydrogens is 305 g/mol. The Morgan fingerprint density at radius 2 is 1.79 bits per heavy atom. The van der Waals surface area contributed by atoms with Gasteiger partial charge in [-0.25, -0.2) is 9.38 Å². The van der Waals surface area contributed by atoms with E-state index in [-0.39, 0.29) is 5.82 Å². The molecule has 0 radical (unpaired) electrons. The Morgan fingerprint density at radius 3 is 2.46 bits per heavy atom. The molecule has 1 aromatic rings. The van der Waals surface area contributed by atoms with E-state index in [4.69, 9.17) is 0 Å². The van der Waals surface area contributed by atoms with Crippen LogP contribution in [0.2, 0.25) is 0 Å². The Morgan fingerprint density at radius 1 is 1.08 bits per heavy atom. The monoisotopic (exact) mass is 335 g/mol. The highest BCUT2D eigenvalue weighted by Crippen LogP contribution is 2.07. The molecule has 24 heavy (non-hydrogen) atoms. The number of nitrogens with zero attached hydrogens (tertiary/aromatic N) is 3. The van der Waals surface area contributed by atoms with Gasteiger partial charge in [-0.1, -0.05) is 25.1 Å². The highest BCUT2D eigenvalue weighted by atomic mass is 19.1. The van der Waals surface area contributed by atoms with Crippen LogP contribution in [0, 0.1) is 5.82 Å². The van der Waals surface area contributed by atoms with Crippen LogP contribution >= 0.6 is 0 Å². The van der Waals surface area contributed by atoms with Crippen molar-refractivity contribution >= 4 is 5.96 Å². The highest BCUT2D eigenvalue weighted by Gasteiger charge is 2.14. The second-order valence-electron chi connectivity index (χ2n) is 5.99. The third kappa shape index (κ3) is 6.09. The van der Waals surface area contributed by atoms with E-state index in [0.29, 0.717) is 12.1 Å². The van der Waals surface area contributed by atoms with Gasteiger partial charge < -0.3 is 15.5 Å². The minimum absolute atomic E-state index is 0.203. The Kier molecular flexibility index (Phi) is 7.98. The summed E-state index contributed by atoms with van der Waals surface area (Å²) in [5, 5.41) is 6.56. The molecule has 1 heterocycles. The number of halogens is 1. The van der Waals surface area contributed by atoms with Crippen LogP contribution in [0.25, 0.3) is 0 Å². The predicted molar refractivity (Wildman–Crippen MR) is 97.8 cm³/mol. The molecule has 2 N–H and O–H groups in total. The van der Waals surface area contributed by atoms with Crippen LogP contribution in [0.1, 0.15) is 19.4 Å². The van der Waals surface area contributed by atoms with Crippen LogP contribution in [0.5, 0.6) is 0 Å². The number of likely N-dealkylation sites (N-methyl/N-ethyl adjacent to an activating group) is 1. The molecule has 1 saturated heterocycles. The number of guanidine groups is 1. The maximum atomic E-state index is 13.7. The number of aliphatic imine (C=N–C) groups is 1. The van der Waals surface area contributed by atoms with Crippen molar-refractivity contribution in [2.24, 2.45) is 4.99 Å². The second-order valence-corrected chi connectivity index (χ2v) is 5.99. The van der Waals surface area contributed by atoms with Crippen LogP contribution in [-0.4, -0.2) is 68.1 Å². The molecule has 6 heteroatoms. The van der Waals surface area contributed by atoms with Crippen molar-refractivity contribution < 1.29 is 4.39 Å². The first-order chi connectivity index (χ1) is 11.7. The quantitative estimate of drug-likeness (QED) is 0.586. The summed E-state index contributed by atoms with van der Waals surface area (Å²) >= 11 is 0. The normalized spacial score (nSPS) is 17.0. The van der Waals surface area contributed by atoms with E-state index in [0.717, 1.165) is 58.3 Å². The van der Waals surface area contributed by atoms with E-state index in [1.54, 1.807) is 12.1 Å². The molecule has 0 spiro atoms. The van der Waals surface area contributed by atoms with Gasteiger partial charge in [0.25, 0.3) is 0 Å². The number of hydrogen-bond acceptors (Lipinski definition) is 3. The van der Waals surface area contributed by atoms with Gasteiger partial charge in [-0.2, -0.15) is 0 Å². The molecule has 1 fully saturated rings. The number of rotatable bonds is 7. The molecule has 0 bridgehead atoms. The lowest BCUT2D eigenvalue weighted by atomic mass is 10.2. The van der Waals surface area contributed by atoms with Gasteiger partial charge in [0.2, 0.25) is 0 Å². The van der Waals surface area contributed by atoms with Crippen LogP contribution in [-0.2, 0) is 6.54 Å². The SMILES string of the molecule is CCNC(=NCc1ccccc1F)NCCN1CCN(CC)CC1. The van der Waals surface area contributed by atoms with E-state index in [9.17, 15) is 4.39 Å². The first-order valence-electron chi connectivity index (χ1n) is 8.93. The van der Waals surface area contributed by atoms with Crippen molar-refractivity contribution in [3.05, 3.63) is 35.6 Å². The maximum Gasteiger partial charge on any atom is 0.191 e. The molecule has 0 aliphatic carbocycles. The first-order valence-corrected chi connectivity index (χ1v) is 8.93. The summed E-state index contributed by atoms with van der Waals surface area (Å²) in [6, 6.07) is 6.78. The van der Waals surface area contributed by atoms with E-state index in [2.05, 4.69) is 32.3 Å². The van der Waals surface area contributed by atoms with Gasteiger partial charge in [0.15, 0.2) is 5.96 Å². The van der Waals surface area contributed by atoms with Gasteiger partial charge in [-0.05, 0) is 19.5 Å². The minimum atomic E-state index is -0.203. The topological polar surface area (TPSA) is 42.9 Å². The lowest BCUT2D eigenvalue weighted by molar-refractivity contribution is 0.139. The fraction of sp³-hybridized carbons (Fsp3) is 0.611. The predicted octanol–water partition coefficient (Wildman–Crippen LogP) is 1.52. The summed E-state index contributed by atoms with van der Waals surface area (Å²) in [6.45, 7) is 12.9. The average Bonchev–Trinajstić information content (AvgIpc) is 2.61. The zero-order valence-corrected chi connectivity index (χ0v) is 14.9. The van der Waals surface area contributed by atoms with Crippen LogP contribution in [0.15, 0.2) is 29.3 Å². The largest absolute Gasteiger partial charge is 0.357 e. The van der Waals surface area contributed by atoms with Crippen LogP contribution in [0.3, 0.4) is 0 Å². The number of nitrogens with one attached hydrogen (secondary N) is 2. The lowest BCUT2D eigenvalue weighted by Crippen LogP contribution is -2.49. The summed E-state index contributed by atoms with van der Waals surface area (Å²) < 4.78 is 13.7. The van der Waals surface area contributed by atoms with E-state index in [1.165, 1.54) is 6.07 Å². The van der Waals surface area contributed by atoms with Crippen molar-refractivity contribution in [3.63, 3.8) is 0 Å². The first kappa shape index (κ1) is 18.7. The van der Waals surface area contributed by atoms with E-state index < -0.39 is 0 Å². The maximum absolute atomic E-state index is 13.7. The standard InChI is InChI=1S/C18H30FN5/c1-3-20-18(22-15-16-7-5-6-8-17(16)19)21-9-10-24-13-11-23(4-2)12-14-24/h5-8H,3-4,9-15H2,1-2H3,(H2,20,21,22). The van der Waals surface area contributed by atoms with Gasteiger partial charge in [-0.3, -0.25) is 4.90 Å². The molecule has 0 unspecified atom stereocenters. The summed E-state index contributed by atoms with van der Waals surface area (Å²) in [7, 11) is 0. The Hall–Kier alpha value is -1.66. The van der Waals surface area contributed by atoms with Gasteiger partial charge in [0.05, 0.1) is 6.54 Å². The third-order valence-corrected chi connectivity index (χ3v) is 4.34. The van der Waals surface area contributed by atoms with Crippen molar-refractivity contribution in [3.8, 4) is 0 Å². The molecule has 1 aliphatic heterocycles. The number of benzene rings is 1. The molecule has 2 rings (SSSR count). The molecule has 0 atom stereocenters. The Balaban J connectivity index is 1.76. The van der Waals surface area contributed by atoms with E-state index >= 15 is 0 Å². The molecule has 1 aliphatic rings. The fourth-order valence-electron chi connectivity index (χ4n) is 2.79. The summed E-state index contributed by atoms with van der Waals surface area (Å²) in [5.74, 6) is 0.541. The van der Waals surface area contributed by atoms with Crippen molar-refractivity contribution in [1.29, 1.82) is 0 Å². The highest BCUT2D eigenvalue weighted by molar-refractivity contribution is 5.79. The minimum Gasteiger partial charge on any atom is -0.357 e. The average molecular weight is 335 g/mol. The molecule has 1 aromatic carbocycles. The zero-order valence-electron chi connectivity index (χ0n) is 14.9. The summed E-state index contributed by atoms with van der Waals surface area (Å²) in [4.78, 5) is 9.43. The Bertz CT molecular complexity index is 512. The second kappa shape index (κ2) is 10.3. The molecular formula is C18H30FN5. The zero-order chi connectivity index (χ0) is 17.2. The van der Waals surface area contributed by atoms with Gasteiger partial charge in [-0.15, -0.1) is 0 Å². The molecule has 0 amide bonds. The summed E-state index contributed by atoms with van der Waals surface area (Å²) in [6.07, 6.45) is 0. The third-order valence-electron chi connectivity index (χ3n) is 4.34. The number of hydrogen-bond donors (Lipinski definition) is 2. The van der Waals surface area contributed by atoms with Crippen molar-refractivity contribution in [2.45, 2.75) is 20.4 Å². The molecule has 134 valence electrons. The molecule has 5 nitrogen and oxygen atoms in total. The Labute approximate surface area is 144 Å². The summed E-state index contributed by atoms with van der Waals surface area (Å²) in [5.41, 5.74) is 0.616. The van der Waals surface area contributed by atoms with Gasteiger partial charge >= 0.3 is 0 Å². The smallest absolute Gasteiger partial charge is 0.191 e.